The van der Waals surface area contributed by atoms with Gasteiger partial charge in [0.05, 0.1) is 18.4 Å². The minimum absolute atomic E-state index is 0.0541. The molecule has 1 aromatic carbocycles. The average Bonchev–Trinajstić information content (AvgIpc) is 3.45. The predicted octanol–water partition coefficient (Wildman–Crippen LogP) is 3.36. The van der Waals surface area contributed by atoms with E-state index in [1.807, 2.05) is 26.2 Å². The number of aliphatic hydroxyl groups excluding tert-OH is 1. The SMILES string of the molecule is Cc1cc(F)c(C(=O)Nc2cc[nH]n2)cc1-c1cnc(N[C@@H](C)CO)c(-c2cnn(C)c2)c1. The summed E-state index contributed by atoms with van der Waals surface area (Å²) in [5, 5.41) is 25.9. The molecule has 170 valence electrons. The molecule has 10 heteroatoms. The van der Waals surface area contributed by atoms with Crippen LogP contribution in [0.3, 0.4) is 0 Å². The summed E-state index contributed by atoms with van der Waals surface area (Å²) in [5.41, 5.74) is 3.54. The lowest BCUT2D eigenvalue weighted by Gasteiger charge is -2.17. The highest BCUT2D eigenvalue weighted by Crippen LogP contribution is 2.33. The third-order valence-electron chi connectivity index (χ3n) is 5.17. The molecule has 9 nitrogen and oxygen atoms in total. The second kappa shape index (κ2) is 9.21. The molecule has 0 saturated carbocycles. The number of carbonyl (C=O) groups is 1. The Balaban J connectivity index is 1.77. The molecule has 0 aliphatic carbocycles. The van der Waals surface area contributed by atoms with Crippen molar-refractivity contribution in [1.82, 2.24) is 25.0 Å². The number of hydrogen-bond acceptors (Lipinski definition) is 6. The maximum atomic E-state index is 14.7. The summed E-state index contributed by atoms with van der Waals surface area (Å²) in [7, 11) is 1.82. The first-order chi connectivity index (χ1) is 15.9. The lowest BCUT2D eigenvalue weighted by atomic mass is 9.96. The van der Waals surface area contributed by atoms with Gasteiger partial charge in [-0.05, 0) is 43.2 Å². The van der Waals surface area contributed by atoms with Gasteiger partial charge in [-0.2, -0.15) is 10.2 Å². The van der Waals surface area contributed by atoms with E-state index in [-0.39, 0.29) is 18.2 Å². The second-order valence-electron chi connectivity index (χ2n) is 7.81. The molecule has 0 aliphatic heterocycles. The Morgan fingerprint density at radius 2 is 2.06 bits per heavy atom. The van der Waals surface area contributed by atoms with Crippen molar-refractivity contribution in [2.75, 3.05) is 17.2 Å². The molecule has 0 spiro atoms. The van der Waals surface area contributed by atoms with Crippen molar-refractivity contribution >= 4 is 17.5 Å². The van der Waals surface area contributed by atoms with E-state index in [0.29, 0.717) is 28.3 Å². The fourth-order valence-corrected chi connectivity index (χ4v) is 3.46. The number of aromatic nitrogens is 5. The lowest BCUT2D eigenvalue weighted by Crippen LogP contribution is -2.20. The van der Waals surface area contributed by atoms with Crippen LogP contribution in [0.25, 0.3) is 22.3 Å². The number of anilines is 2. The first-order valence-corrected chi connectivity index (χ1v) is 10.3. The Labute approximate surface area is 189 Å². The van der Waals surface area contributed by atoms with Crippen molar-refractivity contribution < 1.29 is 14.3 Å². The van der Waals surface area contributed by atoms with Gasteiger partial charge in [-0.1, -0.05) is 0 Å². The number of H-pyrrole nitrogens is 1. The highest BCUT2D eigenvalue weighted by molar-refractivity contribution is 6.05. The van der Waals surface area contributed by atoms with Crippen LogP contribution in [0.15, 0.2) is 49.1 Å². The first kappa shape index (κ1) is 22.2. The van der Waals surface area contributed by atoms with E-state index >= 15 is 0 Å². The number of aromatic amines is 1. The molecule has 4 rings (SSSR count). The summed E-state index contributed by atoms with van der Waals surface area (Å²) < 4.78 is 16.4. The molecule has 4 aromatic rings. The van der Waals surface area contributed by atoms with Crippen LogP contribution in [0.2, 0.25) is 0 Å². The minimum Gasteiger partial charge on any atom is -0.394 e. The number of pyridine rings is 1. The monoisotopic (exact) mass is 449 g/mol. The van der Waals surface area contributed by atoms with Gasteiger partial charge < -0.3 is 15.7 Å². The third kappa shape index (κ3) is 4.75. The lowest BCUT2D eigenvalue weighted by molar-refractivity contribution is 0.102. The Bertz CT molecular complexity index is 1280. The zero-order chi connectivity index (χ0) is 23.5. The Morgan fingerprint density at radius 3 is 2.73 bits per heavy atom. The highest BCUT2D eigenvalue weighted by Gasteiger charge is 2.18. The molecule has 3 heterocycles. The van der Waals surface area contributed by atoms with Gasteiger partial charge in [-0.25, -0.2) is 9.37 Å². The topological polar surface area (TPSA) is 121 Å². The molecule has 0 saturated heterocycles. The van der Waals surface area contributed by atoms with Crippen LogP contribution < -0.4 is 10.6 Å². The van der Waals surface area contributed by atoms with E-state index in [4.69, 9.17) is 0 Å². The van der Waals surface area contributed by atoms with Crippen molar-refractivity contribution in [3.05, 3.63) is 66.0 Å². The first-order valence-electron chi connectivity index (χ1n) is 10.3. The van der Waals surface area contributed by atoms with Gasteiger partial charge in [0, 0.05) is 54.4 Å². The number of aliphatic hydroxyl groups is 1. The number of halogens is 1. The van der Waals surface area contributed by atoms with Crippen LogP contribution in [-0.4, -0.2) is 48.6 Å². The van der Waals surface area contributed by atoms with Gasteiger partial charge >= 0.3 is 0 Å². The van der Waals surface area contributed by atoms with Crippen molar-refractivity contribution in [3.8, 4) is 22.3 Å². The van der Waals surface area contributed by atoms with E-state index in [9.17, 15) is 14.3 Å². The van der Waals surface area contributed by atoms with E-state index < -0.39 is 11.7 Å². The molecular weight excluding hydrogens is 425 g/mol. The van der Waals surface area contributed by atoms with Crippen LogP contribution in [-0.2, 0) is 7.05 Å². The molecule has 1 atom stereocenters. The van der Waals surface area contributed by atoms with E-state index in [2.05, 4.69) is 30.9 Å². The predicted molar refractivity (Wildman–Crippen MR) is 123 cm³/mol. The average molecular weight is 449 g/mol. The number of benzene rings is 1. The molecular formula is C23H24FN7O2. The summed E-state index contributed by atoms with van der Waals surface area (Å²) in [6.45, 7) is 3.57. The van der Waals surface area contributed by atoms with Crippen molar-refractivity contribution in [3.63, 3.8) is 0 Å². The molecule has 33 heavy (non-hydrogen) atoms. The van der Waals surface area contributed by atoms with Crippen LogP contribution in [0.5, 0.6) is 0 Å². The normalized spacial score (nSPS) is 11.9. The summed E-state index contributed by atoms with van der Waals surface area (Å²) >= 11 is 0. The molecule has 0 radical (unpaired) electrons. The molecule has 4 N–H and O–H groups in total. The summed E-state index contributed by atoms with van der Waals surface area (Å²) in [5.74, 6) is -0.337. The zero-order valence-electron chi connectivity index (χ0n) is 18.4. The third-order valence-corrected chi connectivity index (χ3v) is 5.17. The summed E-state index contributed by atoms with van der Waals surface area (Å²) in [4.78, 5) is 17.2. The maximum absolute atomic E-state index is 14.7. The van der Waals surface area contributed by atoms with Gasteiger partial charge in [0.2, 0.25) is 0 Å². The van der Waals surface area contributed by atoms with E-state index in [1.165, 1.54) is 12.1 Å². The highest BCUT2D eigenvalue weighted by atomic mass is 19.1. The van der Waals surface area contributed by atoms with Crippen molar-refractivity contribution in [2.45, 2.75) is 19.9 Å². The molecule has 3 aromatic heterocycles. The van der Waals surface area contributed by atoms with Crippen LogP contribution in [0.1, 0.15) is 22.8 Å². The van der Waals surface area contributed by atoms with Crippen molar-refractivity contribution in [2.24, 2.45) is 7.05 Å². The summed E-state index contributed by atoms with van der Waals surface area (Å²) in [6.07, 6.45) is 6.79. The zero-order valence-corrected chi connectivity index (χ0v) is 18.4. The van der Waals surface area contributed by atoms with Gasteiger partial charge in [0.15, 0.2) is 5.82 Å². The van der Waals surface area contributed by atoms with Crippen molar-refractivity contribution in [1.29, 1.82) is 0 Å². The number of carbonyl (C=O) groups excluding carboxylic acids is 1. The van der Waals surface area contributed by atoms with E-state index in [1.54, 1.807) is 36.3 Å². The Morgan fingerprint density at radius 1 is 1.24 bits per heavy atom. The van der Waals surface area contributed by atoms with Gasteiger partial charge in [-0.15, -0.1) is 0 Å². The number of aryl methyl sites for hydroxylation is 2. The molecule has 0 unspecified atom stereocenters. The van der Waals surface area contributed by atoms with E-state index in [0.717, 1.165) is 11.1 Å². The number of amides is 1. The Hall–Kier alpha value is -4.05. The minimum atomic E-state index is -0.625. The number of rotatable bonds is 7. The Kier molecular flexibility index (Phi) is 6.18. The smallest absolute Gasteiger partial charge is 0.259 e. The van der Waals surface area contributed by atoms with Crippen LogP contribution >= 0.6 is 0 Å². The fourth-order valence-electron chi connectivity index (χ4n) is 3.46. The van der Waals surface area contributed by atoms with Gasteiger partial charge in [-0.3, -0.25) is 14.6 Å². The number of nitrogens with zero attached hydrogens (tertiary/aromatic N) is 4. The van der Waals surface area contributed by atoms with Crippen LogP contribution in [0, 0.1) is 12.7 Å². The molecule has 1 amide bonds. The molecule has 0 fully saturated rings. The maximum Gasteiger partial charge on any atom is 0.259 e. The molecule has 0 aliphatic rings. The standard InChI is InChI=1S/C23H24FN7O2/c1-13-6-20(24)19(23(33)29-21-4-5-26-30-21)8-17(13)15-7-18(16-10-27-31(3)11-16)22(25-9-15)28-14(2)12-32/h4-11,14,32H,12H2,1-3H3,(H,25,28)(H2,26,29,30,33)/t14-/m0/s1. The van der Waals surface area contributed by atoms with Gasteiger partial charge in [0.25, 0.3) is 5.91 Å². The summed E-state index contributed by atoms with van der Waals surface area (Å²) in [6, 6.07) is 6.13. The second-order valence-corrected chi connectivity index (χ2v) is 7.81. The van der Waals surface area contributed by atoms with Crippen LogP contribution in [0.4, 0.5) is 16.0 Å². The molecule has 0 bridgehead atoms. The quantitative estimate of drug-likeness (QED) is 0.343. The number of nitrogens with one attached hydrogen (secondary N) is 3. The fraction of sp³-hybridized carbons (Fsp3) is 0.217. The van der Waals surface area contributed by atoms with Gasteiger partial charge in [0.1, 0.15) is 11.6 Å². The number of hydrogen-bond donors (Lipinski definition) is 4. The largest absolute Gasteiger partial charge is 0.394 e.